The monoisotopic (exact) mass is 282 g/mol. The summed E-state index contributed by atoms with van der Waals surface area (Å²) in [5.74, 6) is 0.659. The van der Waals surface area contributed by atoms with Gasteiger partial charge < -0.3 is 15.3 Å². The molecule has 2 saturated carbocycles. The van der Waals surface area contributed by atoms with E-state index in [4.69, 9.17) is 5.11 Å². The van der Waals surface area contributed by atoms with E-state index in [0.717, 1.165) is 32.2 Å². The van der Waals surface area contributed by atoms with Gasteiger partial charge in [-0.25, -0.2) is 4.79 Å². The van der Waals surface area contributed by atoms with Gasteiger partial charge >= 0.3 is 6.03 Å². The van der Waals surface area contributed by atoms with Crippen molar-refractivity contribution in [3.8, 4) is 0 Å². The van der Waals surface area contributed by atoms with Crippen LogP contribution in [0.2, 0.25) is 0 Å². The molecule has 4 heteroatoms. The number of amides is 2. The first kappa shape index (κ1) is 15.6. The molecular formula is C16H30N2O2. The van der Waals surface area contributed by atoms with E-state index in [1.165, 1.54) is 32.1 Å². The minimum Gasteiger partial charge on any atom is -0.396 e. The van der Waals surface area contributed by atoms with Gasteiger partial charge in [0.2, 0.25) is 0 Å². The van der Waals surface area contributed by atoms with Crippen molar-refractivity contribution in [3.63, 3.8) is 0 Å². The number of urea groups is 1. The number of aliphatic hydroxyl groups is 1. The molecule has 2 aliphatic carbocycles. The number of nitrogens with one attached hydrogen (secondary N) is 1. The van der Waals surface area contributed by atoms with Crippen molar-refractivity contribution in [2.75, 3.05) is 13.2 Å². The summed E-state index contributed by atoms with van der Waals surface area (Å²) in [4.78, 5) is 14.4. The molecule has 0 heterocycles. The maximum atomic E-state index is 12.4. The lowest BCUT2D eigenvalue weighted by atomic mass is 9.84. The second-order valence-electron chi connectivity index (χ2n) is 6.49. The highest BCUT2D eigenvalue weighted by atomic mass is 16.3. The average Bonchev–Trinajstić information content (AvgIpc) is 3.29. The lowest BCUT2D eigenvalue weighted by Gasteiger charge is -2.31. The van der Waals surface area contributed by atoms with Gasteiger partial charge in [-0.3, -0.25) is 0 Å². The fourth-order valence-corrected chi connectivity index (χ4v) is 3.26. The number of hydrogen-bond donors (Lipinski definition) is 2. The van der Waals surface area contributed by atoms with Crippen LogP contribution in [0, 0.1) is 5.92 Å². The molecule has 0 aromatic heterocycles. The number of carbonyl (C=O) groups is 1. The Morgan fingerprint density at radius 3 is 2.50 bits per heavy atom. The summed E-state index contributed by atoms with van der Waals surface area (Å²) in [6.45, 7) is 3.17. The highest BCUT2D eigenvalue weighted by Crippen LogP contribution is 2.29. The van der Waals surface area contributed by atoms with Crippen LogP contribution >= 0.6 is 0 Å². The Labute approximate surface area is 122 Å². The molecule has 1 unspecified atom stereocenters. The molecule has 0 aromatic carbocycles. The Bertz CT molecular complexity index is 299. The number of aliphatic hydroxyl groups excluding tert-OH is 1. The maximum Gasteiger partial charge on any atom is 0.317 e. The quantitative estimate of drug-likeness (QED) is 0.705. The molecule has 0 aliphatic heterocycles. The van der Waals surface area contributed by atoms with Crippen LogP contribution in [0.25, 0.3) is 0 Å². The van der Waals surface area contributed by atoms with Gasteiger partial charge in [0.15, 0.2) is 0 Å². The third-order valence-electron chi connectivity index (χ3n) is 4.76. The zero-order valence-electron chi connectivity index (χ0n) is 12.8. The van der Waals surface area contributed by atoms with Crippen molar-refractivity contribution in [1.82, 2.24) is 10.2 Å². The molecule has 20 heavy (non-hydrogen) atoms. The molecule has 0 aromatic rings. The SMILES string of the molecule is CC(NC(=O)N(CCCCO)C1CC1)C1CCCCC1. The zero-order chi connectivity index (χ0) is 14.4. The van der Waals surface area contributed by atoms with E-state index in [1.807, 2.05) is 4.90 Å². The first-order valence-electron chi connectivity index (χ1n) is 8.40. The topological polar surface area (TPSA) is 52.6 Å². The van der Waals surface area contributed by atoms with Crippen molar-refractivity contribution in [1.29, 1.82) is 0 Å². The van der Waals surface area contributed by atoms with Crippen LogP contribution in [-0.4, -0.2) is 41.3 Å². The second-order valence-corrected chi connectivity index (χ2v) is 6.49. The maximum absolute atomic E-state index is 12.4. The van der Waals surface area contributed by atoms with Crippen molar-refractivity contribution >= 4 is 6.03 Å². The number of carbonyl (C=O) groups excluding carboxylic acids is 1. The summed E-state index contributed by atoms with van der Waals surface area (Å²) in [6.07, 6.45) is 10.5. The minimum absolute atomic E-state index is 0.114. The summed E-state index contributed by atoms with van der Waals surface area (Å²) in [7, 11) is 0. The van der Waals surface area contributed by atoms with Gasteiger partial charge in [-0.2, -0.15) is 0 Å². The van der Waals surface area contributed by atoms with Crippen molar-refractivity contribution in [2.45, 2.75) is 76.8 Å². The zero-order valence-corrected chi connectivity index (χ0v) is 12.8. The van der Waals surface area contributed by atoms with E-state index >= 15 is 0 Å². The molecule has 2 amide bonds. The van der Waals surface area contributed by atoms with Gasteiger partial charge in [0, 0.05) is 25.2 Å². The van der Waals surface area contributed by atoms with Crippen LogP contribution in [0.5, 0.6) is 0 Å². The Morgan fingerprint density at radius 1 is 1.20 bits per heavy atom. The molecule has 2 fully saturated rings. The van der Waals surface area contributed by atoms with Gasteiger partial charge in [0.05, 0.1) is 0 Å². The van der Waals surface area contributed by atoms with Crippen LogP contribution in [0.1, 0.15) is 64.7 Å². The molecule has 0 saturated heterocycles. The fraction of sp³-hybridized carbons (Fsp3) is 0.938. The number of rotatable bonds is 7. The molecule has 2 aliphatic rings. The number of hydrogen-bond acceptors (Lipinski definition) is 2. The van der Waals surface area contributed by atoms with E-state index in [0.29, 0.717) is 18.0 Å². The number of unbranched alkanes of at least 4 members (excludes halogenated alkanes) is 1. The van der Waals surface area contributed by atoms with Crippen LogP contribution in [0.15, 0.2) is 0 Å². The molecule has 0 spiro atoms. The molecule has 2 rings (SSSR count). The summed E-state index contributed by atoms with van der Waals surface area (Å²) in [5, 5.41) is 12.1. The molecule has 2 N–H and O–H groups in total. The second kappa shape index (κ2) is 7.87. The summed E-state index contributed by atoms with van der Waals surface area (Å²) >= 11 is 0. The predicted molar refractivity (Wildman–Crippen MR) is 80.6 cm³/mol. The fourth-order valence-electron chi connectivity index (χ4n) is 3.26. The smallest absolute Gasteiger partial charge is 0.317 e. The van der Waals surface area contributed by atoms with Crippen LogP contribution in [-0.2, 0) is 0 Å². The van der Waals surface area contributed by atoms with Gasteiger partial charge in [-0.1, -0.05) is 19.3 Å². The minimum atomic E-state index is 0.114. The molecule has 116 valence electrons. The number of nitrogens with zero attached hydrogens (tertiary/aromatic N) is 1. The van der Waals surface area contributed by atoms with Crippen molar-refractivity contribution < 1.29 is 9.90 Å². The van der Waals surface area contributed by atoms with Gasteiger partial charge in [-0.05, 0) is 51.4 Å². The molecule has 1 atom stereocenters. The van der Waals surface area contributed by atoms with Gasteiger partial charge in [0.25, 0.3) is 0 Å². The molecule has 0 bridgehead atoms. The van der Waals surface area contributed by atoms with Crippen molar-refractivity contribution in [2.24, 2.45) is 5.92 Å². The molecule has 4 nitrogen and oxygen atoms in total. The summed E-state index contributed by atoms with van der Waals surface area (Å²) in [6, 6.07) is 0.859. The molecular weight excluding hydrogens is 252 g/mol. The largest absolute Gasteiger partial charge is 0.396 e. The van der Waals surface area contributed by atoms with E-state index in [2.05, 4.69) is 12.2 Å². The normalized spacial score (nSPS) is 21.5. The average molecular weight is 282 g/mol. The highest BCUT2D eigenvalue weighted by molar-refractivity contribution is 5.75. The van der Waals surface area contributed by atoms with Crippen LogP contribution < -0.4 is 5.32 Å². The van der Waals surface area contributed by atoms with Crippen LogP contribution in [0.4, 0.5) is 4.79 Å². The first-order valence-corrected chi connectivity index (χ1v) is 8.40. The summed E-state index contributed by atoms with van der Waals surface area (Å²) < 4.78 is 0. The first-order chi connectivity index (χ1) is 9.72. The van der Waals surface area contributed by atoms with Crippen LogP contribution in [0.3, 0.4) is 0 Å². The van der Waals surface area contributed by atoms with E-state index < -0.39 is 0 Å². The lowest BCUT2D eigenvalue weighted by molar-refractivity contribution is 0.179. The van der Waals surface area contributed by atoms with Crippen molar-refractivity contribution in [3.05, 3.63) is 0 Å². The molecule has 0 radical (unpaired) electrons. The summed E-state index contributed by atoms with van der Waals surface area (Å²) in [5.41, 5.74) is 0. The Kier molecular flexibility index (Phi) is 6.14. The third-order valence-corrected chi connectivity index (χ3v) is 4.76. The lowest BCUT2D eigenvalue weighted by Crippen LogP contribution is -2.47. The van der Waals surface area contributed by atoms with Gasteiger partial charge in [0.1, 0.15) is 0 Å². The van der Waals surface area contributed by atoms with Gasteiger partial charge in [-0.15, -0.1) is 0 Å². The highest BCUT2D eigenvalue weighted by Gasteiger charge is 2.33. The van der Waals surface area contributed by atoms with E-state index in [-0.39, 0.29) is 12.6 Å². The standard InChI is InChI=1S/C16H30N2O2/c1-13(14-7-3-2-4-8-14)17-16(20)18(15-9-10-15)11-5-6-12-19/h13-15,19H,2-12H2,1H3,(H,17,20). The Hall–Kier alpha value is -0.770. The third kappa shape index (κ3) is 4.65. The van der Waals surface area contributed by atoms with E-state index in [1.54, 1.807) is 0 Å². The Balaban J connectivity index is 1.77. The predicted octanol–water partition coefficient (Wildman–Crippen LogP) is 2.90. The van der Waals surface area contributed by atoms with E-state index in [9.17, 15) is 4.79 Å². The Morgan fingerprint density at radius 2 is 1.90 bits per heavy atom.